The highest BCUT2D eigenvalue weighted by Gasteiger charge is 2.14. The molecule has 106 valence electrons. The number of nitrogens with zero attached hydrogens (tertiary/aromatic N) is 2. The molecule has 1 aromatic heterocycles. The fourth-order valence-electron chi connectivity index (χ4n) is 1.63. The van der Waals surface area contributed by atoms with Crippen LogP contribution in [-0.2, 0) is 4.79 Å². The number of rotatable bonds is 6. The summed E-state index contributed by atoms with van der Waals surface area (Å²) >= 11 is 1.38. The second-order valence-corrected chi connectivity index (χ2v) is 5.42. The third-order valence-electron chi connectivity index (χ3n) is 2.67. The zero-order valence-electron chi connectivity index (χ0n) is 11.7. The van der Waals surface area contributed by atoms with Crippen LogP contribution in [0.5, 0.6) is 5.75 Å². The molecule has 0 radical (unpaired) electrons. The van der Waals surface area contributed by atoms with Gasteiger partial charge in [0.25, 0.3) is 11.1 Å². The number of hydrogen-bond acceptors (Lipinski definition) is 6. The number of ketones is 1. The lowest BCUT2D eigenvalue weighted by molar-refractivity contribution is -0.116. The Kier molecular flexibility index (Phi) is 4.79. The van der Waals surface area contributed by atoms with Gasteiger partial charge in [-0.05, 0) is 31.5 Å². The van der Waals surface area contributed by atoms with Gasteiger partial charge in [-0.1, -0.05) is 17.8 Å². The molecule has 0 aliphatic carbocycles. The molecule has 2 aromatic rings. The van der Waals surface area contributed by atoms with Crippen molar-refractivity contribution in [1.82, 2.24) is 10.2 Å². The van der Waals surface area contributed by atoms with E-state index in [1.165, 1.54) is 11.8 Å². The average molecular weight is 292 g/mol. The van der Waals surface area contributed by atoms with Gasteiger partial charge in [-0.25, -0.2) is 0 Å². The molecular weight excluding hydrogens is 276 g/mol. The van der Waals surface area contributed by atoms with Crippen molar-refractivity contribution >= 4 is 17.5 Å². The van der Waals surface area contributed by atoms with Crippen molar-refractivity contribution in [2.24, 2.45) is 0 Å². The number of methoxy groups -OCH3 is 1. The van der Waals surface area contributed by atoms with Crippen molar-refractivity contribution in [2.45, 2.75) is 25.5 Å². The number of carbonyl (C=O) groups excluding carboxylic acids is 1. The Morgan fingerprint density at radius 3 is 2.90 bits per heavy atom. The van der Waals surface area contributed by atoms with E-state index in [-0.39, 0.29) is 5.78 Å². The summed E-state index contributed by atoms with van der Waals surface area (Å²) in [7, 11) is 1.61. The maximum atomic E-state index is 10.9. The predicted octanol–water partition coefficient (Wildman–Crippen LogP) is 3.12. The molecule has 0 bridgehead atoms. The number of carbonyl (C=O) groups is 1. The Balaban J connectivity index is 2.14. The van der Waals surface area contributed by atoms with Crippen LogP contribution >= 0.6 is 11.8 Å². The summed E-state index contributed by atoms with van der Waals surface area (Å²) in [6, 6.07) is 5.78. The van der Waals surface area contributed by atoms with E-state index in [0.29, 0.717) is 29.0 Å². The molecule has 2 rings (SSSR count). The SMILES string of the molecule is COc1cc(C)ccc1-c1nnc(SCCC(C)=O)o1. The highest BCUT2D eigenvalue weighted by molar-refractivity contribution is 7.99. The number of aromatic nitrogens is 2. The highest BCUT2D eigenvalue weighted by atomic mass is 32.2. The highest BCUT2D eigenvalue weighted by Crippen LogP contribution is 2.31. The molecule has 6 heteroatoms. The lowest BCUT2D eigenvalue weighted by Crippen LogP contribution is -1.91. The number of thioether (sulfide) groups is 1. The first-order valence-electron chi connectivity index (χ1n) is 6.21. The molecule has 1 aromatic carbocycles. The second-order valence-electron chi connectivity index (χ2n) is 4.38. The summed E-state index contributed by atoms with van der Waals surface area (Å²) in [6.45, 7) is 3.56. The maximum Gasteiger partial charge on any atom is 0.276 e. The molecule has 0 saturated heterocycles. The molecule has 0 N–H and O–H groups in total. The van der Waals surface area contributed by atoms with Crippen LogP contribution in [0.1, 0.15) is 18.9 Å². The number of Topliss-reactive ketones (excluding diaryl/α,β-unsaturated/α-hetero) is 1. The molecule has 0 aliphatic heterocycles. The van der Waals surface area contributed by atoms with Gasteiger partial charge in [0.15, 0.2) is 0 Å². The van der Waals surface area contributed by atoms with Crippen molar-refractivity contribution in [3.05, 3.63) is 23.8 Å². The van der Waals surface area contributed by atoms with E-state index in [2.05, 4.69) is 10.2 Å². The first-order valence-corrected chi connectivity index (χ1v) is 7.19. The molecule has 0 atom stereocenters. The molecular formula is C14H16N2O3S. The van der Waals surface area contributed by atoms with Crippen LogP contribution in [0.2, 0.25) is 0 Å². The van der Waals surface area contributed by atoms with E-state index in [4.69, 9.17) is 9.15 Å². The van der Waals surface area contributed by atoms with Crippen molar-refractivity contribution in [3.8, 4) is 17.2 Å². The average Bonchev–Trinajstić information content (AvgIpc) is 2.86. The molecule has 0 unspecified atom stereocenters. The van der Waals surface area contributed by atoms with Crippen molar-refractivity contribution in [1.29, 1.82) is 0 Å². The summed E-state index contributed by atoms with van der Waals surface area (Å²) in [5, 5.41) is 8.45. The van der Waals surface area contributed by atoms with Crippen LogP contribution in [0.4, 0.5) is 0 Å². The maximum absolute atomic E-state index is 10.9. The number of aryl methyl sites for hydroxylation is 1. The summed E-state index contributed by atoms with van der Waals surface area (Å²) in [6.07, 6.45) is 0.496. The van der Waals surface area contributed by atoms with Gasteiger partial charge in [-0.3, -0.25) is 4.79 Å². The summed E-state index contributed by atoms with van der Waals surface area (Å²) in [5.41, 5.74) is 1.87. The molecule has 0 spiro atoms. The van der Waals surface area contributed by atoms with E-state index < -0.39 is 0 Å². The van der Waals surface area contributed by atoms with Crippen LogP contribution < -0.4 is 4.74 Å². The van der Waals surface area contributed by atoms with Gasteiger partial charge in [0.2, 0.25) is 0 Å². The van der Waals surface area contributed by atoms with Gasteiger partial charge in [0.1, 0.15) is 11.5 Å². The van der Waals surface area contributed by atoms with E-state index in [0.717, 1.165) is 11.1 Å². The number of ether oxygens (including phenoxy) is 1. The molecule has 0 aliphatic rings. The van der Waals surface area contributed by atoms with Gasteiger partial charge in [-0.15, -0.1) is 10.2 Å². The minimum atomic E-state index is 0.150. The Morgan fingerprint density at radius 2 is 2.20 bits per heavy atom. The fraction of sp³-hybridized carbons (Fsp3) is 0.357. The quantitative estimate of drug-likeness (QED) is 0.762. The lowest BCUT2D eigenvalue weighted by Gasteiger charge is -2.05. The lowest BCUT2D eigenvalue weighted by atomic mass is 10.1. The molecule has 20 heavy (non-hydrogen) atoms. The standard InChI is InChI=1S/C14H16N2O3S/c1-9-4-5-11(12(8-9)18-3)13-15-16-14(19-13)20-7-6-10(2)17/h4-5,8H,6-7H2,1-3H3. The number of hydrogen-bond donors (Lipinski definition) is 0. The molecule has 5 nitrogen and oxygen atoms in total. The smallest absolute Gasteiger partial charge is 0.276 e. The summed E-state index contributed by atoms with van der Waals surface area (Å²) in [4.78, 5) is 10.9. The zero-order valence-corrected chi connectivity index (χ0v) is 12.5. The topological polar surface area (TPSA) is 65.2 Å². The monoisotopic (exact) mass is 292 g/mol. The largest absolute Gasteiger partial charge is 0.496 e. The Hall–Kier alpha value is -1.82. The predicted molar refractivity (Wildman–Crippen MR) is 77.0 cm³/mol. The van der Waals surface area contributed by atoms with Crippen molar-refractivity contribution in [2.75, 3.05) is 12.9 Å². The van der Waals surface area contributed by atoms with E-state index >= 15 is 0 Å². The van der Waals surface area contributed by atoms with Crippen molar-refractivity contribution < 1.29 is 13.9 Å². The molecule has 0 saturated carbocycles. The molecule has 0 amide bonds. The van der Waals surface area contributed by atoms with E-state index in [1.54, 1.807) is 14.0 Å². The number of benzene rings is 1. The third-order valence-corrected chi connectivity index (χ3v) is 3.49. The Morgan fingerprint density at radius 1 is 1.40 bits per heavy atom. The van der Waals surface area contributed by atoms with E-state index in [1.807, 2.05) is 25.1 Å². The molecule has 0 fully saturated rings. The Labute approximate surface area is 121 Å². The normalized spacial score (nSPS) is 10.6. The molecule has 1 heterocycles. The van der Waals surface area contributed by atoms with Gasteiger partial charge in [0.05, 0.1) is 12.7 Å². The van der Waals surface area contributed by atoms with Gasteiger partial charge in [-0.2, -0.15) is 0 Å². The Bertz CT molecular complexity index is 610. The zero-order chi connectivity index (χ0) is 14.5. The first kappa shape index (κ1) is 14.6. The van der Waals surface area contributed by atoms with Crippen LogP contribution in [0.15, 0.2) is 27.8 Å². The van der Waals surface area contributed by atoms with E-state index in [9.17, 15) is 4.79 Å². The van der Waals surface area contributed by atoms with Crippen LogP contribution in [0.25, 0.3) is 11.5 Å². The minimum absolute atomic E-state index is 0.150. The first-order chi connectivity index (χ1) is 9.60. The fourth-order valence-corrected chi connectivity index (χ4v) is 2.43. The summed E-state index contributed by atoms with van der Waals surface area (Å²) in [5.74, 6) is 1.92. The second kappa shape index (κ2) is 6.56. The van der Waals surface area contributed by atoms with Crippen molar-refractivity contribution in [3.63, 3.8) is 0 Å². The van der Waals surface area contributed by atoms with Gasteiger partial charge >= 0.3 is 0 Å². The van der Waals surface area contributed by atoms with Gasteiger partial charge in [0, 0.05) is 12.2 Å². The third kappa shape index (κ3) is 3.60. The van der Waals surface area contributed by atoms with Crippen LogP contribution in [0, 0.1) is 6.92 Å². The van der Waals surface area contributed by atoms with Gasteiger partial charge < -0.3 is 9.15 Å². The summed E-state index contributed by atoms with van der Waals surface area (Å²) < 4.78 is 10.9. The van der Waals surface area contributed by atoms with Crippen LogP contribution in [0.3, 0.4) is 0 Å². The van der Waals surface area contributed by atoms with Crippen LogP contribution in [-0.4, -0.2) is 28.8 Å². The minimum Gasteiger partial charge on any atom is -0.496 e.